The third kappa shape index (κ3) is 3.60. The first-order chi connectivity index (χ1) is 8.03. The van der Waals surface area contributed by atoms with Crippen molar-refractivity contribution >= 4 is 15.9 Å². The van der Waals surface area contributed by atoms with Crippen LogP contribution in [0.25, 0.3) is 0 Å². The van der Waals surface area contributed by atoms with Crippen molar-refractivity contribution in [1.82, 2.24) is 0 Å². The van der Waals surface area contributed by atoms with Gasteiger partial charge in [0.1, 0.15) is 5.82 Å². The van der Waals surface area contributed by atoms with Gasteiger partial charge in [-0.15, -0.1) is 0 Å². The number of halogens is 8. The molecule has 0 N–H and O–H groups in total. The molecule has 1 aromatic carbocycles. The van der Waals surface area contributed by atoms with Gasteiger partial charge in [0.05, 0.1) is 4.83 Å². The van der Waals surface area contributed by atoms with Gasteiger partial charge in [0.2, 0.25) is 0 Å². The fraction of sp³-hybridized carbons (Fsp3) is 0.400. The van der Waals surface area contributed by atoms with Crippen molar-refractivity contribution in [2.75, 3.05) is 0 Å². The van der Waals surface area contributed by atoms with Crippen molar-refractivity contribution < 1.29 is 30.7 Å². The molecule has 0 amide bonds. The molecule has 0 heterocycles. The molecule has 0 aliphatic rings. The summed E-state index contributed by atoms with van der Waals surface area (Å²) in [5, 5.41) is 0. The average molecular weight is 339 g/mol. The molecule has 0 radical (unpaired) electrons. The minimum Gasteiger partial charge on any atom is -0.207 e. The summed E-state index contributed by atoms with van der Waals surface area (Å²) in [6.07, 6.45) is -10.9. The van der Waals surface area contributed by atoms with Crippen LogP contribution in [0.1, 0.15) is 10.4 Å². The van der Waals surface area contributed by atoms with Crippen LogP contribution in [-0.2, 0) is 0 Å². The van der Waals surface area contributed by atoms with Crippen molar-refractivity contribution in [2.24, 2.45) is 5.92 Å². The molecule has 18 heavy (non-hydrogen) atoms. The van der Waals surface area contributed by atoms with Crippen molar-refractivity contribution in [3.8, 4) is 0 Å². The van der Waals surface area contributed by atoms with Gasteiger partial charge in [0.25, 0.3) is 0 Å². The lowest BCUT2D eigenvalue weighted by molar-refractivity contribution is -0.283. The lowest BCUT2D eigenvalue weighted by Gasteiger charge is -2.27. The molecule has 102 valence electrons. The maximum atomic E-state index is 12.6. The molecular formula is C10H6BrF7. The Balaban J connectivity index is 3.11. The van der Waals surface area contributed by atoms with E-state index >= 15 is 0 Å². The Hall–Kier alpha value is -0.790. The lowest BCUT2D eigenvalue weighted by Crippen LogP contribution is -2.39. The molecule has 1 atom stereocenters. The highest BCUT2D eigenvalue weighted by Gasteiger charge is 2.59. The first-order valence-corrected chi connectivity index (χ1v) is 5.48. The smallest absolute Gasteiger partial charge is 0.207 e. The van der Waals surface area contributed by atoms with Crippen LogP contribution < -0.4 is 0 Å². The topological polar surface area (TPSA) is 0 Å². The first-order valence-electron chi connectivity index (χ1n) is 4.56. The van der Waals surface area contributed by atoms with Gasteiger partial charge in [-0.3, -0.25) is 0 Å². The highest BCUT2D eigenvalue weighted by Crippen LogP contribution is 2.49. The van der Waals surface area contributed by atoms with E-state index in [-0.39, 0.29) is 5.56 Å². The van der Waals surface area contributed by atoms with E-state index in [2.05, 4.69) is 15.9 Å². The Kier molecular flexibility index (Phi) is 4.30. The second-order valence-electron chi connectivity index (χ2n) is 3.51. The maximum absolute atomic E-state index is 12.6. The fourth-order valence-electron chi connectivity index (χ4n) is 1.36. The standard InChI is InChI=1S/C10H6BrF7/c11-7(5-1-3-6(12)4-2-5)8(9(13,14)15)10(16,17)18/h1-4,7-8H. The van der Waals surface area contributed by atoms with Crippen LogP contribution >= 0.6 is 15.9 Å². The number of benzene rings is 1. The van der Waals surface area contributed by atoms with Crippen LogP contribution in [0.3, 0.4) is 0 Å². The quantitative estimate of drug-likeness (QED) is 0.525. The van der Waals surface area contributed by atoms with Gasteiger partial charge in [-0.2, -0.15) is 26.3 Å². The zero-order valence-electron chi connectivity index (χ0n) is 8.49. The zero-order valence-corrected chi connectivity index (χ0v) is 10.1. The van der Waals surface area contributed by atoms with Crippen LogP contribution in [0, 0.1) is 11.7 Å². The summed E-state index contributed by atoms with van der Waals surface area (Å²) < 4.78 is 87.0. The maximum Gasteiger partial charge on any atom is 0.401 e. The van der Waals surface area contributed by atoms with Crippen molar-refractivity contribution in [1.29, 1.82) is 0 Å². The van der Waals surface area contributed by atoms with E-state index < -0.39 is 28.9 Å². The van der Waals surface area contributed by atoms with E-state index in [4.69, 9.17) is 0 Å². The molecule has 0 spiro atoms. The average Bonchev–Trinajstić information content (AvgIpc) is 2.13. The largest absolute Gasteiger partial charge is 0.401 e. The predicted molar refractivity (Wildman–Crippen MR) is 53.7 cm³/mol. The first kappa shape index (κ1) is 15.3. The SMILES string of the molecule is Fc1ccc(C(Br)C(C(F)(F)F)C(F)(F)F)cc1. The van der Waals surface area contributed by atoms with Gasteiger partial charge >= 0.3 is 12.4 Å². The molecule has 0 aliphatic heterocycles. The Bertz CT molecular complexity index is 378. The van der Waals surface area contributed by atoms with Crippen molar-refractivity contribution in [2.45, 2.75) is 17.2 Å². The van der Waals surface area contributed by atoms with Crippen molar-refractivity contribution in [3.63, 3.8) is 0 Å². The van der Waals surface area contributed by atoms with E-state index in [1.165, 1.54) is 0 Å². The molecular weight excluding hydrogens is 333 g/mol. The van der Waals surface area contributed by atoms with Crippen LogP contribution in [0.15, 0.2) is 24.3 Å². The van der Waals surface area contributed by atoms with E-state index in [0.717, 1.165) is 24.3 Å². The summed E-state index contributed by atoms with van der Waals surface area (Å²) >= 11 is 2.39. The van der Waals surface area contributed by atoms with Gasteiger partial charge in [-0.05, 0) is 17.7 Å². The number of hydrogen-bond donors (Lipinski definition) is 0. The zero-order chi connectivity index (χ0) is 14.1. The molecule has 0 aliphatic carbocycles. The molecule has 0 saturated heterocycles. The summed E-state index contributed by atoms with van der Waals surface area (Å²) in [4.78, 5) is -2.02. The van der Waals surface area contributed by atoms with E-state index in [1.807, 2.05) is 0 Å². The molecule has 0 bridgehead atoms. The summed E-state index contributed by atoms with van der Waals surface area (Å²) in [5.41, 5.74) is -0.295. The molecule has 0 fully saturated rings. The van der Waals surface area contributed by atoms with Gasteiger partial charge in [-0.1, -0.05) is 28.1 Å². The second kappa shape index (κ2) is 5.07. The molecule has 1 aromatic rings. The van der Waals surface area contributed by atoms with Gasteiger partial charge in [0, 0.05) is 0 Å². The Morgan fingerprint density at radius 2 is 1.22 bits per heavy atom. The summed E-state index contributed by atoms with van der Waals surface area (Å²) in [5.74, 6) is -4.29. The summed E-state index contributed by atoms with van der Waals surface area (Å²) in [7, 11) is 0. The fourth-order valence-corrected chi connectivity index (χ4v) is 2.26. The van der Waals surface area contributed by atoms with Gasteiger partial charge in [0.15, 0.2) is 5.92 Å². The summed E-state index contributed by atoms with van der Waals surface area (Å²) in [6, 6.07) is 3.35. The monoisotopic (exact) mass is 338 g/mol. The molecule has 0 aromatic heterocycles. The third-order valence-corrected chi connectivity index (χ3v) is 3.24. The van der Waals surface area contributed by atoms with Gasteiger partial charge in [-0.25, -0.2) is 4.39 Å². The van der Waals surface area contributed by atoms with Crippen LogP contribution in [0.4, 0.5) is 30.7 Å². The molecule has 0 nitrogen and oxygen atoms in total. The lowest BCUT2D eigenvalue weighted by atomic mass is 9.98. The van der Waals surface area contributed by atoms with E-state index in [9.17, 15) is 30.7 Å². The van der Waals surface area contributed by atoms with Crippen LogP contribution in [0.5, 0.6) is 0 Å². The normalized spacial score (nSPS) is 14.9. The molecule has 1 rings (SSSR count). The Morgan fingerprint density at radius 1 is 0.833 bits per heavy atom. The minimum atomic E-state index is -5.44. The Labute approximate surface area is 106 Å². The number of rotatable bonds is 2. The number of hydrogen-bond acceptors (Lipinski definition) is 0. The molecule has 1 unspecified atom stereocenters. The van der Waals surface area contributed by atoms with Crippen molar-refractivity contribution in [3.05, 3.63) is 35.6 Å². The Morgan fingerprint density at radius 3 is 1.56 bits per heavy atom. The van der Waals surface area contributed by atoms with E-state index in [0.29, 0.717) is 0 Å². The van der Waals surface area contributed by atoms with Crippen LogP contribution in [0.2, 0.25) is 0 Å². The summed E-state index contributed by atoms with van der Waals surface area (Å²) in [6.45, 7) is 0. The third-order valence-electron chi connectivity index (χ3n) is 2.19. The molecule has 8 heteroatoms. The highest BCUT2D eigenvalue weighted by molar-refractivity contribution is 9.09. The van der Waals surface area contributed by atoms with Gasteiger partial charge < -0.3 is 0 Å². The van der Waals surface area contributed by atoms with E-state index in [1.54, 1.807) is 0 Å². The number of alkyl halides is 7. The highest BCUT2D eigenvalue weighted by atomic mass is 79.9. The second-order valence-corrected chi connectivity index (χ2v) is 4.50. The minimum absolute atomic E-state index is 0.295. The predicted octanol–water partition coefficient (Wildman–Crippen LogP) is 5.00. The van der Waals surface area contributed by atoms with Crippen LogP contribution in [-0.4, -0.2) is 12.4 Å². The molecule has 0 saturated carbocycles.